The summed E-state index contributed by atoms with van der Waals surface area (Å²) in [6.45, 7) is 0.285. The van der Waals surface area contributed by atoms with E-state index in [0.717, 1.165) is 16.8 Å². The summed E-state index contributed by atoms with van der Waals surface area (Å²) < 4.78 is 13.5. The second kappa shape index (κ2) is 6.79. The molecule has 0 fully saturated rings. The number of pyridine rings is 2. The number of nitrogens with zero attached hydrogens (tertiary/aromatic N) is 2. The Bertz CT molecular complexity index is 804. The van der Waals surface area contributed by atoms with E-state index in [2.05, 4.69) is 15.3 Å². The lowest BCUT2D eigenvalue weighted by atomic mass is 10.1. The normalized spacial score (nSPS) is 10.3. The summed E-state index contributed by atoms with van der Waals surface area (Å²) in [5, 5.41) is 2.68. The second-order valence-electron chi connectivity index (χ2n) is 4.96. The number of amides is 1. The number of carbonyl (C=O) groups excluding carboxylic acids is 1. The third-order valence-corrected chi connectivity index (χ3v) is 3.35. The highest BCUT2D eigenvalue weighted by Gasteiger charge is 2.10. The van der Waals surface area contributed by atoms with Gasteiger partial charge in [-0.3, -0.25) is 14.8 Å². The molecule has 4 nitrogen and oxygen atoms in total. The Labute approximate surface area is 133 Å². The maximum absolute atomic E-state index is 13.5. The topological polar surface area (TPSA) is 54.9 Å². The molecule has 0 saturated carbocycles. The first-order valence-electron chi connectivity index (χ1n) is 7.12. The number of nitrogens with one attached hydrogen (secondary N) is 1. The smallest absolute Gasteiger partial charge is 0.254 e. The number of hydrogen-bond acceptors (Lipinski definition) is 3. The quantitative estimate of drug-likeness (QED) is 0.805. The number of hydrogen-bond donors (Lipinski definition) is 1. The zero-order valence-electron chi connectivity index (χ0n) is 12.2. The molecule has 114 valence electrons. The van der Waals surface area contributed by atoms with Gasteiger partial charge in [0.05, 0.1) is 11.3 Å². The lowest BCUT2D eigenvalue weighted by Crippen LogP contribution is -2.23. The first kappa shape index (κ1) is 14.8. The highest BCUT2D eigenvalue weighted by molar-refractivity contribution is 5.94. The predicted molar refractivity (Wildman–Crippen MR) is 85.0 cm³/mol. The molecule has 3 rings (SSSR count). The van der Waals surface area contributed by atoms with E-state index in [9.17, 15) is 9.18 Å². The van der Waals surface area contributed by atoms with Crippen LogP contribution in [0.15, 0.2) is 67.1 Å². The standard InChI is InChI=1S/C18H14FN3O/c19-16-6-2-1-5-15(16)18(23)22-11-13-7-8-17(21-10-13)14-4-3-9-20-12-14/h1-10,12H,11H2,(H,22,23). The van der Waals surface area contributed by atoms with Crippen LogP contribution >= 0.6 is 0 Å². The molecule has 2 heterocycles. The number of carbonyl (C=O) groups is 1. The highest BCUT2D eigenvalue weighted by atomic mass is 19.1. The van der Waals surface area contributed by atoms with Crippen molar-refractivity contribution in [3.63, 3.8) is 0 Å². The Morgan fingerprint density at radius 3 is 2.61 bits per heavy atom. The van der Waals surface area contributed by atoms with E-state index in [4.69, 9.17) is 0 Å². The minimum absolute atomic E-state index is 0.0347. The maximum atomic E-state index is 13.5. The third-order valence-electron chi connectivity index (χ3n) is 3.35. The molecule has 0 atom stereocenters. The summed E-state index contributed by atoms with van der Waals surface area (Å²) in [6, 6.07) is 13.4. The van der Waals surface area contributed by atoms with Crippen LogP contribution in [0.4, 0.5) is 4.39 Å². The predicted octanol–water partition coefficient (Wildman–Crippen LogP) is 3.21. The van der Waals surface area contributed by atoms with Gasteiger partial charge in [0.2, 0.25) is 0 Å². The zero-order chi connectivity index (χ0) is 16.1. The lowest BCUT2D eigenvalue weighted by molar-refractivity contribution is 0.0947. The van der Waals surface area contributed by atoms with Gasteiger partial charge in [-0.25, -0.2) is 4.39 Å². The van der Waals surface area contributed by atoms with Gasteiger partial charge >= 0.3 is 0 Å². The van der Waals surface area contributed by atoms with Crippen molar-refractivity contribution in [2.24, 2.45) is 0 Å². The fourth-order valence-corrected chi connectivity index (χ4v) is 2.14. The van der Waals surface area contributed by atoms with Crippen molar-refractivity contribution >= 4 is 5.91 Å². The van der Waals surface area contributed by atoms with Crippen LogP contribution in [0.3, 0.4) is 0 Å². The van der Waals surface area contributed by atoms with E-state index in [1.807, 2.05) is 24.3 Å². The molecule has 0 aliphatic rings. The average molecular weight is 307 g/mol. The van der Waals surface area contributed by atoms with Gasteiger partial charge in [-0.2, -0.15) is 0 Å². The van der Waals surface area contributed by atoms with Gasteiger partial charge in [0.25, 0.3) is 5.91 Å². The molecule has 0 unspecified atom stereocenters. The van der Waals surface area contributed by atoms with Crippen molar-refractivity contribution in [1.29, 1.82) is 0 Å². The second-order valence-corrected chi connectivity index (χ2v) is 4.96. The molecular formula is C18H14FN3O. The van der Waals surface area contributed by atoms with E-state index in [1.54, 1.807) is 30.7 Å². The molecule has 0 saturated heterocycles. The Hall–Kier alpha value is -3.08. The molecule has 0 aliphatic heterocycles. The minimum Gasteiger partial charge on any atom is -0.348 e. The number of rotatable bonds is 4. The summed E-state index contributed by atoms with van der Waals surface area (Å²) in [6.07, 6.45) is 5.13. The summed E-state index contributed by atoms with van der Waals surface area (Å²) in [7, 11) is 0. The molecule has 1 N–H and O–H groups in total. The van der Waals surface area contributed by atoms with Gasteiger partial charge in [-0.15, -0.1) is 0 Å². The Morgan fingerprint density at radius 2 is 1.91 bits per heavy atom. The van der Waals surface area contributed by atoms with Crippen molar-refractivity contribution in [3.8, 4) is 11.3 Å². The van der Waals surface area contributed by atoms with Gasteiger partial charge in [0, 0.05) is 30.7 Å². The van der Waals surface area contributed by atoms with Crippen molar-refractivity contribution in [3.05, 3.63) is 84.1 Å². The Kier molecular flexibility index (Phi) is 4.38. The van der Waals surface area contributed by atoms with Crippen LogP contribution < -0.4 is 5.32 Å². The Morgan fingerprint density at radius 1 is 1.04 bits per heavy atom. The first-order valence-corrected chi connectivity index (χ1v) is 7.12. The first-order chi connectivity index (χ1) is 11.2. The maximum Gasteiger partial charge on any atom is 0.254 e. The lowest BCUT2D eigenvalue weighted by Gasteiger charge is -2.07. The zero-order valence-corrected chi connectivity index (χ0v) is 12.2. The number of aromatic nitrogens is 2. The molecule has 1 aromatic carbocycles. The molecule has 23 heavy (non-hydrogen) atoms. The van der Waals surface area contributed by atoms with Gasteiger partial charge in [0.15, 0.2) is 0 Å². The van der Waals surface area contributed by atoms with E-state index in [0.29, 0.717) is 0 Å². The molecule has 0 radical (unpaired) electrons. The van der Waals surface area contributed by atoms with E-state index in [-0.39, 0.29) is 12.1 Å². The summed E-state index contributed by atoms with van der Waals surface area (Å²) in [5.41, 5.74) is 2.60. The molecule has 2 aromatic heterocycles. The average Bonchev–Trinajstić information content (AvgIpc) is 2.61. The third kappa shape index (κ3) is 3.58. The summed E-state index contributed by atoms with van der Waals surface area (Å²) in [4.78, 5) is 20.4. The van der Waals surface area contributed by atoms with E-state index in [1.165, 1.54) is 12.1 Å². The van der Waals surface area contributed by atoms with Crippen LogP contribution in [0.25, 0.3) is 11.3 Å². The van der Waals surface area contributed by atoms with Crippen LogP contribution in [-0.2, 0) is 6.54 Å². The minimum atomic E-state index is -0.532. The number of halogens is 1. The largest absolute Gasteiger partial charge is 0.348 e. The monoisotopic (exact) mass is 307 g/mol. The van der Waals surface area contributed by atoms with E-state index < -0.39 is 11.7 Å². The van der Waals surface area contributed by atoms with E-state index >= 15 is 0 Å². The van der Waals surface area contributed by atoms with Gasteiger partial charge < -0.3 is 5.32 Å². The van der Waals surface area contributed by atoms with Crippen LogP contribution in [-0.4, -0.2) is 15.9 Å². The van der Waals surface area contributed by atoms with Crippen molar-refractivity contribution in [2.75, 3.05) is 0 Å². The van der Waals surface area contributed by atoms with Crippen LogP contribution in [0, 0.1) is 5.82 Å². The molecule has 3 aromatic rings. The summed E-state index contributed by atoms with van der Waals surface area (Å²) >= 11 is 0. The number of benzene rings is 1. The fourth-order valence-electron chi connectivity index (χ4n) is 2.14. The van der Waals surface area contributed by atoms with Gasteiger partial charge in [-0.05, 0) is 35.9 Å². The summed E-state index contributed by atoms with van der Waals surface area (Å²) in [5.74, 6) is -0.977. The van der Waals surface area contributed by atoms with Crippen LogP contribution in [0.5, 0.6) is 0 Å². The van der Waals surface area contributed by atoms with Gasteiger partial charge in [-0.1, -0.05) is 18.2 Å². The van der Waals surface area contributed by atoms with Gasteiger partial charge in [0.1, 0.15) is 5.82 Å². The molecular weight excluding hydrogens is 293 g/mol. The highest BCUT2D eigenvalue weighted by Crippen LogP contribution is 2.15. The molecule has 5 heteroatoms. The SMILES string of the molecule is O=C(NCc1ccc(-c2cccnc2)nc1)c1ccccc1F. The molecule has 0 bridgehead atoms. The van der Waals surface area contributed by atoms with Crippen molar-refractivity contribution < 1.29 is 9.18 Å². The van der Waals surface area contributed by atoms with Crippen LogP contribution in [0.1, 0.15) is 15.9 Å². The molecule has 0 aliphatic carbocycles. The molecule has 1 amide bonds. The van der Waals surface area contributed by atoms with Crippen LogP contribution in [0.2, 0.25) is 0 Å². The Balaban J connectivity index is 1.65. The van der Waals surface area contributed by atoms with Crippen molar-refractivity contribution in [1.82, 2.24) is 15.3 Å². The van der Waals surface area contributed by atoms with Crippen molar-refractivity contribution in [2.45, 2.75) is 6.54 Å². The molecule has 0 spiro atoms. The fraction of sp³-hybridized carbons (Fsp3) is 0.0556.